The van der Waals surface area contributed by atoms with E-state index in [1.165, 1.54) is 10.1 Å². The molecule has 0 amide bonds. The summed E-state index contributed by atoms with van der Waals surface area (Å²) in [5.41, 5.74) is 0. The fourth-order valence-corrected chi connectivity index (χ4v) is 3.40. The lowest BCUT2D eigenvalue weighted by Gasteiger charge is -2.19. The molecule has 2 heterocycles. The van der Waals surface area contributed by atoms with Crippen LogP contribution in [0.5, 0.6) is 0 Å². The Hall–Kier alpha value is -1.19. The Labute approximate surface area is 105 Å². The van der Waals surface area contributed by atoms with Gasteiger partial charge in [-0.1, -0.05) is 18.2 Å². The van der Waals surface area contributed by atoms with Gasteiger partial charge in [-0.25, -0.2) is 5.32 Å². The summed E-state index contributed by atoms with van der Waals surface area (Å²) in [5, 5.41) is 5.48. The normalized spacial score (nSPS) is 17.4. The zero-order valence-electron chi connectivity index (χ0n) is 9.56. The second kappa shape index (κ2) is 4.59. The maximum Gasteiger partial charge on any atom is 0.175 e. The largest absolute Gasteiger partial charge is 0.293 e. The standard InChI is InChI=1S/C14H14NOS/c16-14(10-5-7-15-8-6-10)13-9-11-3-1-2-4-12(11)17-13/h1-4,9-10H,5-8H2. The Morgan fingerprint density at radius 2 is 2.00 bits per heavy atom. The van der Waals surface area contributed by atoms with Crippen molar-refractivity contribution < 1.29 is 4.79 Å². The van der Waals surface area contributed by atoms with Gasteiger partial charge in [0.2, 0.25) is 0 Å². The topological polar surface area (TPSA) is 31.2 Å². The molecule has 3 heteroatoms. The van der Waals surface area contributed by atoms with Crippen LogP contribution in [0, 0.1) is 5.92 Å². The van der Waals surface area contributed by atoms with Gasteiger partial charge >= 0.3 is 0 Å². The number of hydrogen-bond acceptors (Lipinski definition) is 2. The number of piperidine rings is 1. The van der Waals surface area contributed by atoms with Crippen LogP contribution < -0.4 is 5.32 Å². The van der Waals surface area contributed by atoms with Gasteiger partial charge in [0.05, 0.1) is 4.88 Å². The molecule has 1 aromatic carbocycles. The minimum atomic E-state index is 0.195. The van der Waals surface area contributed by atoms with Crippen LogP contribution in [-0.4, -0.2) is 18.9 Å². The van der Waals surface area contributed by atoms with Crippen molar-refractivity contribution in [2.24, 2.45) is 5.92 Å². The Morgan fingerprint density at radius 3 is 2.76 bits per heavy atom. The molecule has 0 N–H and O–H groups in total. The molecular formula is C14H14NOS. The fraction of sp³-hybridized carbons (Fsp3) is 0.357. The molecule has 1 saturated heterocycles. The van der Waals surface area contributed by atoms with E-state index < -0.39 is 0 Å². The van der Waals surface area contributed by atoms with Crippen LogP contribution >= 0.6 is 11.3 Å². The van der Waals surface area contributed by atoms with Crippen LogP contribution in [0.4, 0.5) is 0 Å². The van der Waals surface area contributed by atoms with Gasteiger partial charge in [-0.15, -0.1) is 11.3 Å². The van der Waals surface area contributed by atoms with Crippen molar-refractivity contribution in [2.75, 3.05) is 13.1 Å². The second-order valence-electron chi connectivity index (χ2n) is 4.46. The monoisotopic (exact) mass is 244 g/mol. The number of Topliss-reactive ketones (excluding diaryl/α,β-unsaturated/α-hetero) is 1. The van der Waals surface area contributed by atoms with E-state index in [2.05, 4.69) is 17.4 Å². The molecule has 17 heavy (non-hydrogen) atoms. The first-order valence-electron chi connectivity index (χ1n) is 6.00. The number of benzene rings is 1. The van der Waals surface area contributed by atoms with E-state index in [0.717, 1.165) is 30.8 Å². The summed E-state index contributed by atoms with van der Waals surface area (Å²) < 4.78 is 1.20. The molecule has 0 aliphatic carbocycles. The highest BCUT2D eigenvalue weighted by molar-refractivity contribution is 7.20. The molecule has 0 atom stereocenters. The van der Waals surface area contributed by atoms with Crippen LogP contribution in [0.2, 0.25) is 0 Å². The third-order valence-corrected chi connectivity index (χ3v) is 4.44. The second-order valence-corrected chi connectivity index (χ2v) is 5.54. The van der Waals surface area contributed by atoms with Crippen molar-refractivity contribution in [2.45, 2.75) is 12.8 Å². The molecule has 0 spiro atoms. The molecule has 1 aliphatic rings. The molecular weight excluding hydrogens is 230 g/mol. The first-order chi connectivity index (χ1) is 8.34. The van der Waals surface area contributed by atoms with Crippen molar-refractivity contribution in [1.29, 1.82) is 0 Å². The van der Waals surface area contributed by atoms with Gasteiger partial charge in [-0.05, 0) is 30.4 Å². The van der Waals surface area contributed by atoms with Gasteiger partial charge in [0.1, 0.15) is 0 Å². The summed E-state index contributed by atoms with van der Waals surface area (Å²) in [6.07, 6.45) is 1.85. The number of hydrogen-bond donors (Lipinski definition) is 0. The average Bonchev–Trinajstić information content (AvgIpc) is 2.82. The maximum atomic E-state index is 12.3. The van der Waals surface area contributed by atoms with Crippen molar-refractivity contribution in [3.8, 4) is 0 Å². The van der Waals surface area contributed by atoms with E-state index in [1.54, 1.807) is 11.3 Å². The van der Waals surface area contributed by atoms with Crippen LogP contribution in [-0.2, 0) is 0 Å². The van der Waals surface area contributed by atoms with Crippen LogP contribution in [0.15, 0.2) is 30.3 Å². The highest BCUT2D eigenvalue weighted by Gasteiger charge is 2.23. The summed E-state index contributed by atoms with van der Waals surface area (Å²) in [6, 6.07) is 10.2. The third kappa shape index (κ3) is 2.13. The van der Waals surface area contributed by atoms with Crippen LogP contribution in [0.3, 0.4) is 0 Å². The molecule has 2 aromatic rings. The fourth-order valence-electron chi connectivity index (χ4n) is 2.32. The maximum absolute atomic E-state index is 12.3. The highest BCUT2D eigenvalue weighted by atomic mass is 32.1. The van der Waals surface area contributed by atoms with Crippen molar-refractivity contribution in [1.82, 2.24) is 5.32 Å². The lowest BCUT2D eigenvalue weighted by atomic mass is 9.93. The highest BCUT2D eigenvalue weighted by Crippen LogP contribution is 2.29. The SMILES string of the molecule is O=C(c1cc2ccccc2s1)C1CC[N]CC1. The Balaban J connectivity index is 1.89. The summed E-state index contributed by atoms with van der Waals surface area (Å²) >= 11 is 1.62. The quantitative estimate of drug-likeness (QED) is 0.747. The van der Waals surface area contributed by atoms with E-state index >= 15 is 0 Å². The predicted molar refractivity (Wildman–Crippen MR) is 70.7 cm³/mol. The molecule has 1 aliphatic heterocycles. The Bertz CT molecular complexity index is 507. The number of carbonyl (C=O) groups is 1. The molecule has 1 fully saturated rings. The first kappa shape index (κ1) is 10.9. The minimum absolute atomic E-state index is 0.195. The third-order valence-electron chi connectivity index (χ3n) is 3.31. The number of fused-ring (bicyclic) bond motifs is 1. The van der Waals surface area contributed by atoms with Gasteiger partial charge in [-0.2, -0.15) is 0 Å². The van der Waals surface area contributed by atoms with Gasteiger partial charge in [0, 0.05) is 23.7 Å². The molecule has 3 rings (SSSR count). The lowest BCUT2D eigenvalue weighted by Crippen LogP contribution is -2.27. The van der Waals surface area contributed by atoms with Gasteiger partial charge < -0.3 is 0 Å². The number of rotatable bonds is 2. The molecule has 1 aromatic heterocycles. The van der Waals surface area contributed by atoms with E-state index in [-0.39, 0.29) is 5.92 Å². The number of thiophene rings is 1. The first-order valence-corrected chi connectivity index (χ1v) is 6.82. The van der Waals surface area contributed by atoms with Gasteiger partial charge in [-0.3, -0.25) is 4.79 Å². The molecule has 2 nitrogen and oxygen atoms in total. The van der Waals surface area contributed by atoms with Crippen molar-refractivity contribution in [3.05, 3.63) is 35.2 Å². The average molecular weight is 244 g/mol. The molecule has 0 bridgehead atoms. The summed E-state index contributed by atoms with van der Waals surface area (Å²) in [7, 11) is 0. The van der Waals surface area contributed by atoms with Crippen molar-refractivity contribution >= 4 is 27.2 Å². The zero-order chi connectivity index (χ0) is 11.7. The molecule has 0 unspecified atom stereocenters. The van der Waals surface area contributed by atoms with Crippen molar-refractivity contribution in [3.63, 3.8) is 0 Å². The molecule has 1 radical (unpaired) electrons. The summed E-state index contributed by atoms with van der Waals surface area (Å²) in [6.45, 7) is 1.70. The number of carbonyl (C=O) groups excluding carboxylic acids is 1. The summed E-state index contributed by atoms with van der Waals surface area (Å²) in [5.74, 6) is 0.515. The number of ketones is 1. The Kier molecular flexibility index (Phi) is 2.95. The van der Waals surface area contributed by atoms with E-state index in [0.29, 0.717) is 5.78 Å². The van der Waals surface area contributed by atoms with Crippen LogP contribution in [0.25, 0.3) is 10.1 Å². The molecule has 87 valence electrons. The van der Waals surface area contributed by atoms with E-state index in [4.69, 9.17) is 0 Å². The van der Waals surface area contributed by atoms with Crippen LogP contribution in [0.1, 0.15) is 22.5 Å². The van der Waals surface area contributed by atoms with E-state index in [1.807, 2.05) is 18.2 Å². The lowest BCUT2D eigenvalue weighted by molar-refractivity contribution is 0.0898. The van der Waals surface area contributed by atoms with Gasteiger partial charge in [0.25, 0.3) is 0 Å². The number of nitrogens with zero attached hydrogens (tertiary/aromatic N) is 1. The van der Waals surface area contributed by atoms with E-state index in [9.17, 15) is 4.79 Å². The summed E-state index contributed by atoms with van der Waals surface area (Å²) in [4.78, 5) is 13.3. The zero-order valence-corrected chi connectivity index (χ0v) is 10.4. The minimum Gasteiger partial charge on any atom is -0.293 e. The smallest absolute Gasteiger partial charge is 0.175 e. The molecule has 0 saturated carbocycles. The van der Waals surface area contributed by atoms with Gasteiger partial charge in [0.15, 0.2) is 5.78 Å². The Morgan fingerprint density at radius 1 is 1.24 bits per heavy atom. The predicted octanol–water partition coefficient (Wildman–Crippen LogP) is 3.10.